The minimum atomic E-state index is -0.137. The van der Waals surface area contributed by atoms with Crippen LogP contribution in [0.3, 0.4) is 0 Å². The van der Waals surface area contributed by atoms with Crippen molar-refractivity contribution in [2.75, 3.05) is 19.6 Å². The minimum Gasteiger partial charge on any atom is -0.467 e. The second kappa shape index (κ2) is 7.46. The van der Waals surface area contributed by atoms with Crippen molar-refractivity contribution in [2.24, 2.45) is 5.10 Å². The van der Waals surface area contributed by atoms with Crippen LogP contribution < -0.4 is 4.90 Å². The van der Waals surface area contributed by atoms with E-state index in [-0.39, 0.29) is 11.9 Å². The van der Waals surface area contributed by atoms with Crippen LogP contribution in [-0.4, -0.2) is 36.3 Å². The van der Waals surface area contributed by atoms with Gasteiger partial charge >= 0.3 is 0 Å². The Labute approximate surface area is 154 Å². The molecule has 2 aromatic rings. The minimum absolute atomic E-state index is 0.0907. The highest BCUT2D eigenvalue weighted by molar-refractivity contribution is 6.03. The first kappa shape index (κ1) is 17.0. The maximum absolute atomic E-state index is 12.9. The van der Waals surface area contributed by atoms with Crippen molar-refractivity contribution < 1.29 is 14.1 Å². The van der Waals surface area contributed by atoms with Gasteiger partial charge in [-0.2, -0.15) is 5.10 Å². The molecule has 0 unspecified atom stereocenters. The molecule has 1 amide bonds. The third kappa shape index (κ3) is 3.58. The van der Waals surface area contributed by atoms with Crippen molar-refractivity contribution in [3.8, 4) is 0 Å². The number of benzene rings is 1. The van der Waals surface area contributed by atoms with Crippen LogP contribution in [0.2, 0.25) is 0 Å². The zero-order valence-electron chi connectivity index (χ0n) is 15.3. The molecule has 5 nitrogen and oxygen atoms in total. The van der Waals surface area contributed by atoms with Gasteiger partial charge in [0.25, 0.3) is 0 Å². The van der Waals surface area contributed by atoms with E-state index in [0.717, 1.165) is 23.6 Å². The third-order valence-electron chi connectivity index (χ3n) is 5.43. The summed E-state index contributed by atoms with van der Waals surface area (Å²) in [5.41, 5.74) is 3.25. The molecular formula is C21H26N3O2+. The van der Waals surface area contributed by atoms with Gasteiger partial charge < -0.3 is 9.32 Å². The highest BCUT2D eigenvalue weighted by Crippen LogP contribution is 2.33. The lowest BCUT2D eigenvalue weighted by molar-refractivity contribution is -0.886. The molecule has 0 saturated carbocycles. The molecule has 136 valence electrons. The van der Waals surface area contributed by atoms with Gasteiger partial charge in [-0.05, 0) is 24.6 Å². The topological polar surface area (TPSA) is 50.2 Å². The molecule has 3 heterocycles. The molecule has 26 heavy (non-hydrogen) atoms. The van der Waals surface area contributed by atoms with E-state index in [1.807, 2.05) is 12.1 Å². The Kier molecular flexibility index (Phi) is 4.89. The first-order valence-electron chi connectivity index (χ1n) is 9.54. The molecule has 1 N–H and O–H groups in total. The number of quaternary nitrogens is 1. The summed E-state index contributed by atoms with van der Waals surface area (Å²) in [6.07, 6.45) is 5.45. The molecule has 1 atom stereocenters. The molecule has 2 aliphatic heterocycles. The Morgan fingerprint density at radius 1 is 1.23 bits per heavy atom. The Bertz CT molecular complexity index is 774. The van der Waals surface area contributed by atoms with Gasteiger partial charge in [-0.3, -0.25) is 4.79 Å². The van der Waals surface area contributed by atoms with Gasteiger partial charge in [0, 0.05) is 19.3 Å². The van der Waals surface area contributed by atoms with Crippen molar-refractivity contribution in [3.05, 3.63) is 59.5 Å². The van der Waals surface area contributed by atoms with Crippen LogP contribution in [0.4, 0.5) is 0 Å². The zero-order valence-corrected chi connectivity index (χ0v) is 15.3. The van der Waals surface area contributed by atoms with Crippen molar-refractivity contribution in [1.82, 2.24) is 5.01 Å². The monoisotopic (exact) mass is 352 g/mol. The highest BCUT2D eigenvalue weighted by atomic mass is 16.3. The predicted molar refractivity (Wildman–Crippen MR) is 100 cm³/mol. The quantitative estimate of drug-likeness (QED) is 0.898. The number of carbonyl (C=O) groups excluding carboxylic acids is 1. The second-order valence-electron chi connectivity index (χ2n) is 7.34. The van der Waals surface area contributed by atoms with Crippen LogP contribution >= 0.6 is 0 Å². The fraction of sp³-hybridized carbons (Fsp3) is 0.429. The highest BCUT2D eigenvalue weighted by Gasteiger charge is 2.35. The van der Waals surface area contributed by atoms with Gasteiger partial charge in [0.05, 0.1) is 38.0 Å². The van der Waals surface area contributed by atoms with Gasteiger partial charge in [0.1, 0.15) is 11.8 Å². The number of amides is 1. The molecule has 0 radical (unpaired) electrons. The number of hydrogen-bond acceptors (Lipinski definition) is 3. The Balaban J connectivity index is 1.53. The molecule has 1 aromatic carbocycles. The predicted octanol–water partition coefficient (Wildman–Crippen LogP) is 2.33. The number of rotatable bonds is 5. The van der Waals surface area contributed by atoms with Crippen molar-refractivity contribution in [1.29, 1.82) is 0 Å². The fourth-order valence-electron chi connectivity index (χ4n) is 3.89. The molecule has 1 fully saturated rings. The number of carbonyl (C=O) groups is 1. The van der Waals surface area contributed by atoms with Crippen LogP contribution in [0.25, 0.3) is 0 Å². The first-order chi connectivity index (χ1) is 12.7. The molecular weight excluding hydrogens is 326 g/mol. The summed E-state index contributed by atoms with van der Waals surface area (Å²) in [5.74, 6) is 0.894. The number of aryl methyl sites for hydroxylation is 1. The van der Waals surface area contributed by atoms with Gasteiger partial charge in [0.15, 0.2) is 0 Å². The van der Waals surface area contributed by atoms with Crippen LogP contribution in [-0.2, 0) is 4.79 Å². The van der Waals surface area contributed by atoms with Crippen LogP contribution in [0.1, 0.15) is 48.6 Å². The van der Waals surface area contributed by atoms with Gasteiger partial charge in [-0.15, -0.1) is 0 Å². The summed E-state index contributed by atoms with van der Waals surface area (Å²) in [6.45, 7) is 5.34. The lowest BCUT2D eigenvalue weighted by Gasteiger charge is -2.20. The summed E-state index contributed by atoms with van der Waals surface area (Å²) in [6, 6.07) is 12.0. The maximum atomic E-state index is 12.9. The molecule has 1 saturated heterocycles. The van der Waals surface area contributed by atoms with E-state index >= 15 is 0 Å². The normalized spacial score (nSPS) is 20.6. The van der Waals surface area contributed by atoms with E-state index in [2.05, 4.69) is 31.2 Å². The summed E-state index contributed by atoms with van der Waals surface area (Å²) < 4.78 is 5.61. The average Bonchev–Trinajstić information content (AvgIpc) is 3.41. The number of likely N-dealkylation sites (tertiary alicyclic amines) is 1. The Morgan fingerprint density at radius 3 is 2.69 bits per heavy atom. The smallest absolute Gasteiger partial charge is 0.249 e. The van der Waals surface area contributed by atoms with E-state index in [1.54, 1.807) is 11.3 Å². The molecule has 1 aromatic heterocycles. The molecule has 0 spiro atoms. The Hall–Kier alpha value is -2.40. The molecule has 0 aliphatic carbocycles. The number of nitrogens with zero attached hydrogens (tertiary/aromatic N) is 2. The van der Waals surface area contributed by atoms with Crippen molar-refractivity contribution in [3.63, 3.8) is 0 Å². The number of furan rings is 1. The van der Waals surface area contributed by atoms with E-state index in [0.29, 0.717) is 12.8 Å². The summed E-state index contributed by atoms with van der Waals surface area (Å²) in [5, 5.41) is 6.36. The van der Waals surface area contributed by atoms with Crippen LogP contribution in [0, 0.1) is 6.92 Å². The van der Waals surface area contributed by atoms with E-state index in [1.165, 1.54) is 36.4 Å². The lowest BCUT2D eigenvalue weighted by atomic mass is 10.0. The maximum Gasteiger partial charge on any atom is 0.249 e. The Morgan fingerprint density at radius 2 is 2.00 bits per heavy atom. The first-order valence-corrected chi connectivity index (χ1v) is 9.54. The standard InChI is InChI=1S/C21H25N3O2/c1-16-6-8-17(9-7-16)18-15-19(20-5-4-14-26-20)24(22-18)21(25)10-13-23-11-2-3-12-23/h4-9,14,19H,2-3,10-13,15H2,1H3/p+1/t19-/m0/s1. The van der Waals surface area contributed by atoms with Gasteiger partial charge in [-0.1, -0.05) is 29.8 Å². The largest absolute Gasteiger partial charge is 0.467 e. The van der Waals surface area contributed by atoms with Crippen LogP contribution in [0.5, 0.6) is 0 Å². The van der Waals surface area contributed by atoms with E-state index in [4.69, 9.17) is 9.52 Å². The summed E-state index contributed by atoms with van der Waals surface area (Å²) in [7, 11) is 0. The second-order valence-corrected chi connectivity index (χ2v) is 7.34. The molecule has 5 heteroatoms. The number of hydrazone groups is 1. The molecule has 4 rings (SSSR count). The number of nitrogens with one attached hydrogen (secondary N) is 1. The summed E-state index contributed by atoms with van der Waals surface area (Å²) in [4.78, 5) is 14.4. The zero-order chi connectivity index (χ0) is 17.9. The third-order valence-corrected chi connectivity index (χ3v) is 5.43. The van der Waals surface area contributed by atoms with Crippen molar-refractivity contribution in [2.45, 2.75) is 38.6 Å². The van der Waals surface area contributed by atoms with Gasteiger partial charge in [0.2, 0.25) is 5.91 Å². The SMILES string of the molecule is Cc1ccc(C2=NN(C(=O)CC[NH+]3CCCC3)[C@H](c3ccco3)C2)cc1. The number of hydrogen-bond donors (Lipinski definition) is 1. The van der Waals surface area contributed by atoms with Gasteiger partial charge in [-0.25, -0.2) is 5.01 Å². The fourth-order valence-corrected chi connectivity index (χ4v) is 3.89. The molecule has 2 aliphatic rings. The van der Waals surface area contributed by atoms with E-state index < -0.39 is 0 Å². The lowest BCUT2D eigenvalue weighted by Crippen LogP contribution is -3.10. The van der Waals surface area contributed by atoms with Crippen molar-refractivity contribution >= 4 is 11.6 Å². The van der Waals surface area contributed by atoms with Crippen LogP contribution in [0.15, 0.2) is 52.2 Å². The molecule has 0 bridgehead atoms. The van der Waals surface area contributed by atoms with E-state index in [9.17, 15) is 4.79 Å². The summed E-state index contributed by atoms with van der Waals surface area (Å²) >= 11 is 0. The average molecular weight is 352 g/mol.